The average molecular weight is 838 g/mol. The normalized spacial score (nSPS) is 16.8. The summed E-state index contributed by atoms with van der Waals surface area (Å²) in [5.41, 5.74) is 19.4. The van der Waals surface area contributed by atoms with Crippen molar-refractivity contribution < 1.29 is 0 Å². The molecule has 314 valence electrons. The molecule has 65 heavy (non-hydrogen) atoms. The molecule has 12 rings (SSSR count). The first-order valence-electron chi connectivity index (χ1n) is 23.2. The number of aromatic nitrogens is 1. The smallest absolute Gasteiger partial charge is 0.0594 e. The Labute approximate surface area is 382 Å². The van der Waals surface area contributed by atoms with Gasteiger partial charge in [-0.1, -0.05) is 153 Å². The van der Waals surface area contributed by atoms with Gasteiger partial charge in [-0.15, -0.1) is 0 Å². The van der Waals surface area contributed by atoms with Crippen LogP contribution in [-0.2, 0) is 5.41 Å². The molecule has 3 aliphatic rings. The van der Waals surface area contributed by atoms with Gasteiger partial charge < -0.3 is 14.4 Å². The van der Waals surface area contributed by atoms with Crippen molar-refractivity contribution in [1.82, 2.24) is 4.57 Å². The Morgan fingerprint density at radius 3 is 1.91 bits per heavy atom. The average Bonchev–Trinajstić information content (AvgIpc) is 3.80. The Morgan fingerprint density at radius 1 is 0.508 bits per heavy atom. The van der Waals surface area contributed by atoms with Crippen LogP contribution in [0, 0.1) is 12.8 Å². The molecule has 3 aliphatic carbocycles. The fourth-order valence-electron chi connectivity index (χ4n) is 11.1. The molecule has 0 radical (unpaired) electrons. The molecule has 0 amide bonds. The van der Waals surface area contributed by atoms with E-state index in [9.17, 15) is 0 Å². The van der Waals surface area contributed by atoms with E-state index < -0.39 is 0 Å². The maximum atomic E-state index is 2.61. The number of nitrogens with zero attached hydrogens (tertiary/aromatic N) is 3. The van der Waals surface area contributed by atoms with E-state index in [1.807, 2.05) is 0 Å². The molecular formula is C62H51N3. The van der Waals surface area contributed by atoms with Crippen LogP contribution in [0.1, 0.15) is 49.4 Å². The number of rotatable bonds is 8. The van der Waals surface area contributed by atoms with Gasteiger partial charge >= 0.3 is 0 Å². The zero-order chi connectivity index (χ0) is 43.6. The first kappa shape index (κ1) is 39.0. The third-order valence-electron chi connectivity index (χ3n) is 14.3. The quantitative estimate of drug-likeness (QED) is 0.151. The lowest BCUT2D eigenvalue weighted by Gasteiger charge is -2.32. The van der Waals surface area contributed by atoms with E-state index in [2.05, 4.69) is 254 Å². The first-order chi connectivity index (χ1) is 31.9. The number of anilines is 6. The van der Waals surface area contributed by atoms with Crippen LogP contribution < -0.4 is 9.80 Å². The summed E-state index contributed by atoms with van der Waals surface area (Å²) in [6.45, 7) is 6.89. The lowest BCUT2D eigenvalue weighted by Crippen LogP contribution is -2.22. The molecule has 9 aromatic rings. The number of allylic oxidation sites excluding steroid dienone is 6. The van der Waals surface area contributed by atoms with Crippen LogP contribution in [0.5, 0.6) is 0 Å². The molecule has 1 heterocycles. The van der Waals surface area contributed by atoms with E-state index in [1.54, 1.807) is 0 Å². The predicted octanol–water partition coefficient (Wildman–Crippen LogP) is 17.0. The van der Waals surface area contributed by atoms with E-state index in [-0.39, 0.29) is 11.5 Å². The molecule has 0 N–H and O–H groups in total. The maximum absolute atomic E-state index is 2.61. The van der Waals surface area contributed by atoms with Gasteiger partial charge in [0.1, 0.15) is 0 Å². The fourth-order valence-corrected chi connectivity index (χ4v) is 11.1. The van der Waals surface area contributed by atoms with Gasteiger partial charge in [0.05, 0.1) is 6.04 Å². The molecule has 2 atom stereocenters. The van der Waals surface area contributed by atoms with Crippen molar-refractivity contribution in [2.24, 2.45) is 5.92 Å². The highest BCUT2D eigenvalue weighted by molar-refractivity contribution is 6.10. The van der Waals surface area contributed by atoms with Crippen molar-refractivity contribution in [1.29, 1.82) is 0 Å². The SMILES string of the molecule is Cc1ccc(N(c2ccccc2)c2cc(-c3ccc4c(c3)c3ccccc3n4C3C=CC=C4C=CCCC43)cc(N(c3ccccc3)c3ccc4c(c3)C(C)(C)c3ccccc3-4)c2)cc1. The van der Waals surface area contributed by atoms with Crippen LogP contribution in [0.4, 0.5) is 34.1 Å². The van der Waals surface area contributed by atoms with Gasteiger partial charge in [-0.2, -0.15) is 0 Å². The van der Waals surface area contributed by atoms with Gasteiger partial charge in [0.25, 0.3) is 0 Å². The molecule has 0 fully saturated rings. The predicted molar refractivity (Wildman–Crippen MR) is 275 cm³/mol. The van der Waals surface area contributed by atoms with Gasteiger partial charge in [0, 0.05) is 67.3 Å². The van der Waals surface area contributed by atoms with Crippen molar-refractivity contribution in [3.05, 3.63) is 241 Å². The molecule has 8 aromatic carbocycles. The second kappa shape index (κ2) is 15.6. The van der Waals surface area contributed by atoms with Crippen molar-refractivity contribution >= 4 is 55.9 Å². The molecule has 3 heteroatoms. The largest absolute Gasteiger partial charge is 0.333 e. The first-order valence-corrected chi connectivity index (χ1v) is 23.2. The van der Waals surface area contributed by atoms with Crippen LogP contribution in [0.2, 0.25) is 0 Å². The fraction of sp³-hybridized carbons (Fsp3) is 0.129. The minimum absolute atomic E-state index is 0.138. The number of hydrogen-bond acceptors (Lipinski definition) is 2. The van der Waals surface area contributed by atoms with E-state index in [4.69, 9.17) is 0 Å². The lowest BCUT2D eigenvalue weighted by atomic mass is 9.80. The van der Waals surface area contributed by atoms with Crippen molar-refractivity contribution in [2.75, 3.05) is 9.80 Å². The highest BCUT2D eigenvalue weighted by Crippen LogP contribution is 2.52. The second-order valence-corrected chi connectivity index (χ2v) is 18.6. The Morgan fingerprint density at radius 2 is 1.14 bits per heavy atom. The molecular weight excluding hydrogens is 787 g/mol. The number of fused-ring (bicyclic) bond motifs is 7. The summed E-state index contributed by atoms with van der Waals surface area (Å²) in [4.78, 5) is 4.86. The van der Waals surface area contributed by atoms with E-state index >= 15 is 0 Å². The third kappa shape index (κ3) is 6.56. The minimum Gasteiger partial charge on any atom is -0.333 e. The van der Waals surface area contributed by atoms with Crippen LogP contribution in [0.25, 0.3) is 44.1 Å². The van der Waals surface area contributed by atoms with E-state index in [1.165, 1.54) is 60.8 Å². The highest BCUT2D eigenvalue weighted by atomic mass is 15.2. The summed E-state index contributed by atoms with van der Waals surface area (Å²) < 4.78 is 2.61. The van der Waals surface area contributed by atoms with Gasteiger partial charge in [0.2, 0.25) is 0 Å². The maximum Gasteiger partial charge on any atom is 0.0594 e. The number of hydrogen-bond donors (Lipinski definition) is 0. The van der Waals surface area contributed by atoms with Crippen molar-refractivity contribution in [3.8, 4) is 22.3 Å². The van der Waals surface area contributed by atoms with Crippen LogP contribution in [0.15, 0.2) is 224 Å². The lowest BCUT2D eigenvalue weighted by molar-refractivity contribution is 0.427. The van der Waals surface area contributed by atoms with Gasteiger partial charge in [-0.05, 0) is 144 Å². The molecule has 0 spiro atoms. The summed E-state index contributed by atoms with van der Waals surface area (Å²) >= 11 is 0. The summed E-state index contributed by atoms with van der Waals surface area (Å²) in [6.07, 6.45) is 13.9. The van der Waals surface area contributed by atoms with Gasteiger partial charge in [0.15, 0.2) is 0 Å². The van der Waals surface area contributed by atoms with Crippen LogP contribution in [0.3, 0.4) is 0 Å². The number of benzene rings is 8. The Kier molecular flexibility index (Phi) is 9.34. The zero-order valence-electron chi connectivity index (χ0n) is 37.2. The minimum atomic E-state index is -0.138. The molecule has 0 saturated carbocycles. The number of aryl methyl sites for hydroxylation is 1. The Hall–Kier alpha value is -7.62. The molecule has 1 aromatic heterocycles. The second-order valence-electron chi connectivity index (χ2n) is 18.6. The molecule has 0 saturated heterocycles. The van der Waals surface area contributed by atoms with Crippen molar-refractivity contribution in [3.63, 3.8) is 0 Å². The third-order valence-corrected chi connectivity index (χ3v) is 14.3. The Bertz CT molecular complexity index is 3370. The topological polar surface area (TPSA) is 11.4 Å². The molecule has 3 nitrogen and oxygen atoms in total. The summed E-state index contributed by atoms with van der Waals surface area (Å²) in [5.74, 6) is 0.455. The van der Waals surface area contributed by atoms with E-state index in [0.29, 0.717) is 5.92 Å². The molecule has 0 aliphatic heterocycles. The van der Waals surface area contributed by atoms with Gasteiger partial charge in [-0.25, -0.2) is 0 Å². The van der Waals surface area contributed by atoms with E-state index in [0.717, 1.165) is 52.5 Å². The zero-order valence-corrected chi connectivity index (χ0v) is 37.2. The molecule has 0 bridgehead atoms. The standard InChI is InChI=1S/C62H51N3/c1-42-29-32-48(33-30-42)63(46-19-6-4-7-20-46)50-37-45(44-31-36-61-56(39-44)55-25-13-15-27-60(55)65(61)59-28-16-18-43-17-10-11-23-52(43)59)38-51(40-50)64(47-21-8-5-9-22-47)49-34-35-54-53-24-12-14-26-57(53)62(2,3)58(54)41-49/h4-10,12-22,24-41,52,59H,11,23H2,1-3H3. The summed E-state index contributed by atoms with van der Waals surface area (Å²) in [7, 11) is 0. The molecule has 2 unspecified atom stereocenters. The van der Waals surface area contributed by atoms with Crippen molar-refractivity contribution in [2.45, 2.75) is 45.1 Å². The van der Waals surface area contributed by atoms with Crippen LogP contribution >= 0.6 is 0 Å². The Balaban J connectivity index is 1.09. The van der Waals surface area contributed by atoms with Crippen LogP contribution in [-0.4, -0.2) is 4.57 Å². The highest BCUT2D eigenvalue weighted by Gasteiger charge is 2.36. The monoisotopic (exact) mass is 837 g/mol. The summed E-state index contributed by atoms with van der Waals surface area (Å²) in [6, 6.07) is 70.2. The van der Waals surface area contributed by atoms with Gasteiger partial charge in [-0.3, -0.25) is 0 Å². The number of para-hydroxylation sites is 3. The summed E-state index contributed by atoms with van der Waals surface area (Å²) in [5, 5.41) is 2.56.